The molecule has 0 aromatic heterocycles. The number of aliphatic hydroxyl groups is 2. The van der Waals surface area contributed by atoms with Crippen molar-refractivity contribution in [2.24, 2.45) is 0 Å². The summed E-state index contributed by atoms with van der Waals surface area (Å²) < 4.78 is 0. The second-order valence-electron chi connectivity index (χ2n) is 6.76. The molecule has 0 spiro atoms. The molecule has 1 saturated heterocycles. The fraction of sp³-hybridized carbons (Fsp3) is 0.556. The summed E-state index contributed by atoms with van der Waals surface area (Å²) in [6.45, 7) is 7.58. The van der Waals surface area contributed by atoms with E-state index in [0.29, 0.717) is 22.1 Å². The molecular weight excluding hydrogens is 411 g/mol. The van der Waals surface area contributed by atoms with Crippen molar-refractivity contribution in [1.29, 1.82) is 0 Å². The van der Waals surface area contributed by atoms with Gasteiger partial charge in [-0.3, -0.25) is 4.90 Å². The Bertz CT molecular complexity index is 629. The van der Waals surface area contributed by atoms with Crippen LogP contribution >= 0.6 is 23.2 Å². The van der Waals surface area contributed by atoms with Crippen molar-refractivity contribution in [3.05, 3.63) is 33.8 Å². The Morgan fingerprint density at radius 1 is 1.11 bits per heavy atom. The third kappa shape index (κ3) is 7.90. The summed E-state index contributed by atoms with van der Waals surface area (Å²) in [4.78, 5) is 22.1. The van der Waals surface area contributed by atoms with E-state index in [0.717, 1.165) is 19.6 Å². The number of nitrogens with one attached hydrogen (secondary N) is 1. The Labute approximate surface area is 173 Å². The van der Waals surface area contributed by atoms with E-state index in [1.165, 1.54) is 12.0 Å². The van der Waals surface area contributed by atoms with Crippen molar-refractivity contribution in [2.75, 3.05) is 13.1 Å². The van der Waals surface area contributed by atoms with Crippen molar-refractivity contribution in [3.8, 4) is 0 Å². The standard InChI is InChI=1S/C14H20Cl2N2.C4H6O6/c1-10(2)18(14-3-4-17-8-14)9-11-5-12(15)7-13(16)6-11;5-1(3(7)8)2(6)4(9)10/h5-7,10,14,17H,3-4,8-9H2,1-2H3;1-2,5-6H,(H,7,8)(H,9,10)/t14-;1-,2-/m00/s1. The summed E-state index contributed by atoms with van der Waals surface area (Å²) >= 11 is 12.1. The molecular formula is C18H26Cl2N2O6. The van der Waals surface area contributed by atoms with Gasteiger partial charge in [0.2, 0.25) is 0 Å². The maximum Gasteiger partial charge on any atom is 0.335 e. The van der Waals surface area contributed by atoms with Gasteiger partial charge in [-0.05, 0) is 50.6 Å². The topological polar surface area (TPSA) is 130 Å². The molecule has 158 valence electrons. The minimum Gasteiger partial charge on any atom is -0.479 e. The third-order valence-electron chi connectivity index (χ3n) is 4.26. The number of carboxylic acid groups (broad SMARTS) is 2. The van der Waals surface area contributed by atoms with Crippen LogP contribution in [0, 0.1) is 0 Å². The van der Waals surface area contributed by atoms with Crippen LogP contribution in [0.2, 0.25) is 10.0 Å². The normalized spacial score (nSPS) is 18.5. The molecule has 2 rings (SSSR count). The van der Waals surface area contributed by atoms with Gasteiger partial charge in [0.15, 0.2) is 12.2 Å². The van der Waals surface area contributed by atoms with Gasteiger partial charge in [-0.25, -0.2) is 9.59 Å². The van der Waals surface area contributed by atoms with Crippen molar-refractivity contribution in [3.63, 3.8) is 0 Å². The van der Waals surface area contributed by atoms with E-state index in [2.05, 4.69) is 24.1 Å². The van der Waals surface area contributed by atoms with E-state index >= 15 is 0 Å². The largest absolute Gasteiger partial charge is 0.479 e. The average molecular weight is 437 g/mol. The second kappa shape index (κ2) is 11.5. The van der Waals surface area contributed by atoms with Crippen molar-refractivity contribution < 1.29 is 30.0 Å². The summed E-state index contributed by atoms with van der Waals surface area (Å²) in [5, 5.41) is 37.4. The highest BCUT2D eigenvalue weighted by atomic mass is 35.5. The van der Waals surface area contributed by atoms with Crippen LogP contribution < -0.4 is 5.32 Å². The molecule has 1 aromatic carbocycles. The Morgan fingerprint density at radius 3 is 1.96 bits per heavy atom. The number of hydrogen-bond acceptors (Lipinski definition) is 6. The molecule has 8 nitrogen and oxygen atoms in total. The SMILES string of the molecule is CC(C)N(Cc1cc(Cl)cc(Cl)c1)[C@H]1CCNC1.O=C(O)[C@@H](O)[C@H](O)C(=O)O. The highest BCUT2D eigenvalue weighted by Crippen LogP contribution is 2.22. The first-order chi connectivity index (χ1) is 13.0. The second-order valence-corrected chi connectivity index (χ2v) is 7.63. The maximum atomic E-state index is 9.77. The predicted octanol–water partition coefficient (Wildman–Crippen LogP) is 1.44. The van der Waals surface area contributed by atoms with Crippen molar-refractivity contribution >= 4 is 35.1 Å². The summed E-state index contributed by atoms with van der Waals surface area (Å²) in [6.07, 6.45) is -3.32. The van der Waals surface area contributed by atoms with Gasteiger partial charge in [0.1, 0.15) is 0 Å². The zero-order chi connectivity index (χ0) is 21.4. The van der Waals surface area contributed by atoms with Crippen LogP contribution in [0.1, 0.15) is 25.8 Å². The lowest BCUT2D eigenvalue weighted by Crippen LogP contribution is -2.41. The van der Waals surface area contributed by atoms with Gasteiger partial charge >= 0.3 is 11.9 Å². The predicted molar refractivity (Wildman–Crippen MR) is 106 cm³/mol. The maximum absolute atomic E-state index is 9.77. The number of benzene rings is 1. The lowest BCUT2D eigenvalue weighted by atomic mass is 10.1. The molecule has 0 bridgehead atoms. The first kappa shape index (κ1) is 24.6. The number of aliphatic carboxylic acids is 2. The summed E-state index contributed by atoms with van der Waals surface area (Å²) in [7, 11) is 0. The van der Waals surface area contributed by atoms with E-state index in [-0.39, 0.29) is 0 Å². The minimum absolute atomic E-state index is 0.521. The molecule has 1 aliphatic rings. The molecule has 28 heavy (non-hydrogen) atoms. The van der Waals surface area contributed by atoms with Crippen LogP contribution in [0.5, 0.6) is 0 Å². The fourth-order valence-electron chi connectivity index (χ4n) is 2.84. The van der Waals surface area contributed by atoms with Gasteiger partial charge in [0, 0.05) is 35.2 Å². The van der Waals surface area contributed by atoms with E-state index < -0.39 is 24.1 Å². The number of halogens is 2. The number of nitrogens with zero attached hydrogens (tertiary/aromatic N) is 1. The number of hydrogen-bond donors (Lipinski definition) is 5. The van der Waals surface area contributed by atoms with E-state index in [9.17, 15) is 9.59 Å². The van der Waals surface area contributed by atoms with Gasteiger partial charge in [0.25, 0.3) is 0 Å². The molecule has 0 radical (unpaired) electrons. The van der Waals surface area contributed by atoms with Crippen LogP contribution in [0.3, 0.4) is 0 Å². The summed E-state index contributed by atoms with van der Waals surface area (Å²) in [5.41, 5.74) is 1.19. The van der Waals surface area contributed by atoms with Gasteiger partial charge in [-0.2, -0.15) is 0 Å². The Kier molecular flexibility index (Phi) is 10.2. The van der Waals surface area contributed by atoms with Gasteiger partial charge < -0.3 is 25.7 Å². The van der Waals surface area contributed by atoms with Crippen molar-refractivity contribution in [2.45, 2.75) is 51.1 Å². The molecule has 0 saturated carbocycles. The zero-order valence-corrected chi connectivity index (χ0v) is 17.2. The first-order valence-electron chi connectivity index (χ1n) is 8.76. The minimum atomic E-state index is -2.27. The Balaban J connectivity index is 0.000000336. The lowest BCUT2D eigenvalue weighted by molar-refractivity contribution is -0.165. The molecule has 0 unspecified atom stereocenters. The summed E-state index contributed by atoms with van der Waals surface area (Å²) in [6, 6.07) is 6.93. The molecule has 0 aliphatic carbocycles. The quantitative estimate of drug-likeness (QED) is 0.433. The molecule has 1 heterocycles. The fourth-order valence-corrected chi connectivity index (χ4v) is 3.41. The molecule has 10 heteroatoms. The number of carboxylic acids is 2. The highest BCUT2D eigenvalue weighted by molar-refractivity contribution is 6.34. The van der Waals surface area contributed by atoms with E-state index in [4.69, 9.17) is 43.6 Å². The number of aliphatic hydroxyl groups excluding tert-OH is 2. The Morgan fingerprint density at radius 2 is 1.61 bits per heavy atom. The lowest BCUT2D eigenvalue weighted by Gasteiger charge is -2.32. The van der Waals surface area contributed by atoms with E-state index in [1.807, 2.05) is 12.1 Å². The average Bonchev–Trinajstić information content (AvgIpc) is 3.11. The summed E-state index contributed by atoms with van der Waals surface area (Å²) in [5.74, 6) is -3.54. The molecule has 0 amide bonds. The molecule has 1 aromatic rings. The first-order valence-corrected chi connectivity index (χ1v) is 9.51. The molecule has 1 aliphatic heterocycles. The van der Waals surface area contributed by atoms with Crippen LogP contribution in [-0.2, 0) is 16.1 Å². The monoisotopic (exact) mass is 436 g/mol. The highest BCUT2D eigenvalue weighted by Gasteiger charge is 2.29. The van der Waals surface area contributed by atoms with Crippen molar-refractivity contribution in [1.82, 2.24) is 10.2 Å². The van der Waals surface area contributed by atoms with Crippen LogP contribution in [-0.4, -0.2) is 74.6 Å². The van der Waals surface area contributed by atoms with Crippen LogP contribution in [0.25, 0.3) is 0 Å². The molecule has 1 fully saturated rings. The van der Waals surface area contributed by atoms with Crippen LogP contribution in [0.15, 0.2) is 18.2 Å². The van der Waals surface area contributed by atoms with Crippen LogP contribution in [0.4, 0.5) is 0 Å². The molecule has 3 atom stereocenters. The van der Waals surface area contributed by atoms with Gasteiger partial charge in [-0.1, -0.05) is 23.2 Å². The smallest absolute Gasteiger partial charge is 0.335 e. The van der Waals surface area contributed by atoms with Gasteiger partial charge in [0.05, 0.1) is 0 Å². The Hall–Kier alpha value is -1.42. The van der Waals surface area contributed by atoms with Gasteiger partial charge in [-0.15, -0.1) is 0 Å². The third-order valence-corrected chi connectivity index (χ3v) is 4.70. The zero-order valence-electron chi connectivity index (χ0n) is 15.7. The number of carbonyl (C=O) groups is 2. The van der Waals surface area contributed by atoms with E-state index in [1.54, 1.807) is 6.07 Å². The molecule has 5 N–H and O–H groups in total. The number of rotatable bonds is 7.